The van der Waals surface area contributed by atoms with Gasteiger partial charge >= 0.3 is 0 Å². The van der Waals surface area contributed by atoms with Gasteiger partial charge in [-0.1, -0.05) is 42.5 Å². The maximum Gasteiger partial charge on any atom is 0.287 e. The molecule has 0 saturated carbocycles. The summed E-state index contributed by atoms with van der Waals surface area (Å²) in [6, 6.07) is 14.8. The maximum atomic E-state index is 12.9. The summed E-state index contributed by atoms with van der Waals surface area (Å²) in [5, 5.41) is 4.82. The minimum absolute atomic E-state index is 0.344. The predicted octanol–water partition coefficient (Wildman–Crippen LogP) is 3.73. The Morgan fingerprint density at radius 2 is 1.88 bits per heavy atom. The molecule has 7 heteroatoms. The number of aromatic nitrogens is 2. The van der Waals surface area contributed by atoms with E-state index in [-0.39, 0.29) is 0 Å². The molecule has 7 nitrogen and oxygen atoms in total. The van der Waals surface area contributed by atoms with Gasteiger partial charge in [-0.15, -0.1) is 0 Å². The van der Waals surface area contributed by atoms with E-state index < -0.39 is 23.9 Å². The molecule has 4 rings (SSSR count). The number of rotatable bonds is 8. The van der Waals surface area contributed by atoms with Crippen molar-refractivity contribution in [2.75, 3.05) is 7.11 Å². The Bertz CT molecular complexity index is 1260. The van der Waals surface area contributed by atoms with E-state index in [4.69, 9.17) is 15.6 Å². The van der Waals surface area contributed by atoms with Gasteiger partial charge < -0.3 is 15.4 Å². The van der Waals surface area contributed by atoms with Crippen LogP contribution in [0.1, 0.15) is 22.9 Å². The van der Waals surface area contributed by atoms with E-state index >= 15 is 0 Å². The molecule has 174 valence electrons. The van der Waals surface area contributed by atoms with Crippen LogP contribution in [0.25, 0.3) is 11.3 Å². The molecule has 1 aliphatic heterocycles. The minimum Gasteiger partial charge on any atom is -0.496 e. The lowest BCUT2D eigenvalue weighted by molar-refractivity contribution is -0.139. The van der Waals surface area contributed by atoms with E-state index in [0.717, 1.165) is 33.7 Å². The summed E-state index contributed by atoms with van der Waals surface area (Å²) >= 11 is 0. The highest BCUT2D eigenvalue weighted by molar-refractivity contribution is 6.37. The third kappa shape index (κ3) is 4.64. The summed E-state index contributed by atoms with van der Waals surface area (Å²) < 4.78 is 7.42. The van der Waals surface area contributed by atoms with E-state index in [0.29, 0.717) is 6.42 Å². The molecule has 3 aromatic rings. The molecular formula is C27H28N4O3. The standard InChI is InChI=1S/C27H28N4O3/c1-18-15-19(2)26(34-3)21(16-18)22-12-14-31(29-22)24-11-7-8-13-30(24)23(25(32)27(28)33)17-20-9-5-4-6-10-20/h4-16,23-24H,17H2,1-3H3,(H2,28,33). The van der Waals surface area contributed by atoms with E-state index in [1.807, 2.05) is 85.6 Å². The summed E-state index contributed by atoms with van der Waals surface area (Å²) in [4.78, 5) is 26.6. The number of hydrogen-bond donors (Lipinski definition) is 1. The third-order valence-electron chi connectivity index (χ3n) is 5.91. The van der Waals surface area contributed by atoms with Gasteiger partial charge in [-0.3, -0.25) is 9.59 Å². The lowest BCUT2D eigenvalue weighted by Gasteiger charge is -2.36. The van der Waals surface area contributed by atoms with Crippen LogP contribution >= 0.6 is 0 Å². The van der Waals surface area contributed by atoms with E-state index in [2.05, 4.69) is 6.07 Å². The van der Waals surface area contributed by atoms with Crippen LogP contribution in [0.3, 0.4) is 0 Å². The number of primary amides is 1. The molecule has 0 spiro atoms. The van der Waals surface area contributed by atoms with Crippen molar-refractivity contribution in [1.29, 1.82) is 0 Å². The second kappa shape index (κ2) is 9.79. The van der Waals surface area contributed by atoms with Gasteiger partial charge in [0.05, 0.1) is 12.8 Å². The van der Waals surface area contributed by atoms with Crippen molar-refractivity contribution < 1.29 is 14.3 Å². The zero-order valence-corrected chi connectivity index (χ0v) is 19.5. The maximum absolute atomic E-state index is 12.9. The molecule has 2 unspecified atom stereocenters. The number of benzene rings is 2. The number of nitrogens with zero attached hydrogens (tertiary/aromatic N) is 3. The molecule has 1 aromatic heterocycles. The fourth-order valence-corrected chi connectivity index (χ4v) is 4.39. The average molecular weight is 457 g/mol. The molecule has 2 atom stereocenters. The predicted molar refractivity (Wildman–Crippen MR) is 131 cm³/mol. The Hall–Kier alpha value is -4.13. The van der Waals surface area contributed by atoms with Gasteiger partial charge in [0.25, 0.3) is 5.91 Å². The Morgan fingerprint density at radius 3 is 2.59 bits per heavy atom. The topological polar surface area (TPSA) is 90.5 Å². The van der Waals surface area contributed by atoms with Gasteiger partial charge in [0.15, 0.2) is 0 Å². The molecule has 2 aromatic carbocycles. The number of ether oxygens (including phenoxy) is 1. The van der Waals surface area contributed by atoms with Crippen LogP contribution in [0.4, 0.5) is 0 Å². The summed E-state index contributed by atoms with van der Waals surface area (Å²) in [5.74, 6) is -0.821. The van der Waals surface area contributed by atoms with Gasteiger partial charge in [-0.05, 0) is 54.8 Å². The van der Waals surface area contributed by atoms with Crippen molar-refractivity contribution >= 4 is 11.7 Å². The van der Waals surface area contributed by atoms with Crippen molar-refractivity contribution in [3.63, 3.8) is 0 Å². The Morgan fingerprint density at radius 1 is 1.12 bits per heavy atom. The molecule has 1 amide bonds. The number of carbonyl (C=O) groups is 2. The summed E-state index contributed by atoms with van der Waals surface area (Å²) in [6.45, 7) is 4.04. The highest BCUT2D eigenvalue weighted by Gasteiger charge is 2.33. The largest absolute Gasteiger partial charge is 0.496 e. The van der Waals surface area contributed by atoms with Crippen LogP contribution in [0.5, 0.6) is 5.75 Å². The van der Waals surface area contributed by atoms with E-state index in [1.54, 1.807) is 18.0 Å². The first kappa shape index (κ1) is 23.0. The SMILES string of the molecule is COc1c(C)cc(C)cc1-c1ccn(C2C=CC=CN2C(Cc2ccccc2)C(=O)C(N)=O)n1. The normalized spacial score (nSPS) is 15.9. The van der Waals surface area contributed by atoms with Crippen molar-refractivity contribution in [1.82, 2.24) is 14.7 Å². The first-order valence-corrected chi connectivity index (χ1v) is 11.1. The second-order valence-electron chi connectivity index (χ2n) is 8.36. The third-order valence-corrected chi connectivity index (χ3v) is 5.91. The molecule has 34 heavy (non-hydrogen) atoms. The lowest BCUT2D eigenvalue weighted by Crippen LogP contribution is -2.48. The van der Waals surface area contributed by atoms with Crippen LogP contribution < -0.4 is 10.5 Å². The number of amides is 1. The van der Waals surface area contributed by atoms with Crippen LogP contribution in [0.2, 0.25) is 0 Å². The van der Waals surface area contributed by atoms with Gasteiger partial charge in [0.2, 0.25) is 5.78 Å². The molecular weight excluding hydrogens is 428 g/mol. The van der Waals surface area contributed by atoms with E-state index in [9.17, 15) is 9.59 Å². The average Bonchev–Trinajstić information content (AvgIpc) is 3.32. The number of ketones is 1. The molecule has 0 saturated heterocycles. The van der Waals surface area contributed by atoms with E-state index in [1.165, 1.54) is 0 Å². The first-order chi connectivity index (χ1) is 16.4. The first-order valence-electron chi connectivity index (χ1n) is 11.1. The number of nitrogens with two attached hydrogens (primary N) is 1. The molecule has 0 fully saturated rings. The fraction of sp³-hybridized carbons (Fsp3) is 0.222. The number of hydrogen-bond acceptors (Lipinski definition) is 5. The molecule has 1 aliphatic rings. The van der Waals surface area contributed by atoms with Crippen molar-refractivity contribution in [3.8, 4) is 17.0 Å². The number of aryl methyl sites for hydroxylation is 2. The molecule has 0 radical (unpaired) electrons. The fourth-order valence-electron chi connectivity index (χ4n) is 4.39. The van der Waals surface area contributed by atoms with Gasteiger partial charge in [-0.2, -0.15) is 5.10 Å². The van der Waals surface area contributed by atoms with Crippen LogP contribution in [0.15, 0.2) is 79.2 Å². The van der Waals surface area contributed by atoms with Gasteiger partial charge in [-0.25, -0.2) is 4.68 Å². The van der Waals surface area contributed by atoms with Crippen LogP contribution in [-0.2, 0) is 16.0 Å². The zero-order chi connectivity index (χ0) is 24.2. The van der Waals surface area contributed by atoms with Crippen LogP contribution in [-0.4, -0.2) is 39.5 Å². The Balaban J connectivity index is 1.71. The number of allylic oxidation sites excluding steroid dienone is 2. The molecule has 0 bridgehead atoms. The number of carbonyl (C=O) groups excluding carboxylic acids is 2. The molecule has 0 aliphatic carbocycles. The Kier molecular flexibility index (Phi) is 6.63. The lowest BCUT2D eigenvalue weighted by atomic mass is 9.99. The van der Waals surface area contributed by atoms with Gasteiger partial charge in [0.1, 0.15) is 18.0 Å². The van der Waals surface area contributed by atoms with Gasteiger partial charge in [0, 0.05) is 24.4 Å². The zero-order valence-electron chi connectivity index (χ0n) is 19.5. The number of methoxy groups -OCH3 is 1. The highest BCUT2D eigenvalue weighted by Crippen LogP contribution is 2.34. The minimum atomic E-state index is -0.955. The number of Topliss-reactive ketones (excluding diaryl/α,β-unsaturated/α-hetero) is 1. The van der Waals surface area contributed by atoms with Crippen molar-refractivity contribution in [3.05, 3.63) is 95.8 Å². The van der Waals surface area contributed by atoms with Crippen molar-refractivity contribution in [2.45, 2.75) is 32.5 Å². The van der Waals surface area contributed by atoms with Crippen molar-refractivity contribution in [2.24, 2.45) is 5.73 Å². The van der Waals surface area contributed by atoms with Crippen LogP contribution in [0, 0.1) is 13.8 Å². The Labute approximate surface area is 199 Å². The molecule has 2 N–H and O–H groups in total. The molecule has 2 heterocycles. The summed E-state index contributed by atoms with van der Waals surface area (Å²) in [5.41, 5.74) is 10.2. The monoisotopic (exact) mass is 456 g/mol. The second-order valence-corrected chi connectivity index (χ2v) is 8.36. The highest BCUT2D eigenvalue weighted by atomic mass is 16.5. The quantitative estimate of drug-likeness (QED) is 0.522. The summed E-state index contributed by atoms with van der Waals surface area (Å²) in [6.07, 6.45) is 9.26. The summed E-state index contributed by atoms with van der Waals surface area (Å²) in [7, 11) is 1.65. The smallest absolute Gasteiger partial charge is 0.287 e.